The van der Waals surface area contributed by atoms with Gasteiger partial charge in [-0.25, -0.2) is 4.79 Å². The van der Waals surface area contributed by atoms with E-state index in [4.69, 9.17) is 19.1 Å². The first kappa shape index (κ1) is 21.2. The van der Waals surface area contributed by atoms with Crippen molar-refractivity contribution in [1.82, 2.24) is 10.2 Å². The number of amides is 1. The molecule has 152 valence electrons. The van der Waals surface area contributed by atoms with E-state index in [1.165, 1.54) is 0 Å². The quantitative estimate of drug-likeness (QED) is 0.819. The molecule has 3 heterocycles. The summed E-state index contributed by atoms with van der Waals surface area (Å²) in [5, 5.41) is 9.80. The van der Waals surface area contributed by atoms with Crippen LogP contribution in [-0.4, -0.2) is 59.9 Å². The lowest BCUT2D eigenvalue weighted by atomic mass is 9.98. The maximum atomic E-state index is 11.7. The number of rotatable bonds is 3. The summed E-state index contributed by atoms with van der Waals surface area (Å²) in [6, 6.07) is 4.46. The SMILES string of the molecule is CNC(=O)[C@@H]1CC[C@@H]2[C@@H](CCN2Cc2ccc(C)o2)O1.O=C(O)C(F)(F)F. The Labute approximate surface area is 154 Å². The zero-order valence-corrected chi connectivity index (χ0v) is 15.1. The summed E-state index contributed by atoms with van der Waals surface area (Å²) >= 11 is 0. The van der Waals surface area contributed by atoms with Gasteiger partial charge in [0.25, 0.3) is 0 Å². The van der Waals surface area contributed by atoms with Gasteiger partial charge in [-0.05, 0) is 38.3 Å². The van der Waals surface area contributed by atoms with E-state index >= 15 is 0 Å². The van der Waals surface area contributed by atoms with Crippen molar-refractivity contribution in [1.29, 1.82) is 0 Å². The van der Waals surface area contributed by atoms with Crippen LogP contribution >= 0.6 is 0 Å². The van der Waals surface area contributed by atoms with Gasteiger partial charge in [0.1, 0.15) is 17.6 Å². The molecule has 2 N–H and O–H groups in total. The Morgan fingerprint density at radius 1 is 1.30 bits per heavy atom. The molecule has 0 radical (unpaired) electrons. The summed E-state index contributed by atoms with van der Waals surface area (Å²) in [5.74, 6) is -0.789. The Balaban J connectivity index is 0.000000321. The number of carbonyl (C=O) groups excluding carboxylic acids is 1. The van der Waals surface area contributed by atoms with Crippen LogP contribution in [0.25, 0.3) is 0 Å². The fourth-order valence-electron chi connectivity index (χ4n) is 3.34. The van der Waals surface area contributed by atoms with Crippen LogP contribution in [0.2, 0.25) is 0 Å². The third-order valence-electron chi connectivity index (χ3n) is 4.60. The summed E-state index contributed by atoms with van der Waals surface area (Å²) in [6.07, 6.45) is -2.36. The first-order chi connectivity index (χ1) is 12.6. The van der Waals surface area contributed by atoms with Gasteiger partial charge >= 0.3 is 12.1 Å². The molecule has 27 heavy (non-hydrogen) atoms. The van der Waals surface area contributed by atoms with E-state index in [-0.39, 0.29) is 18.1 Å². The lowest BCUT2D eigenvalue weighted by Gasteiger charge is -2.35. The highest BCUT2D eigenvalue weighted by molar-refractivity contribution is 5.80. The van der Waals surface area contributed by atoms with Crippen LogP contribution in [0.3, 0.4) is 0 Å². The molecule has 1 aromatic heterocycles. The average Bonchev–Trinajstić information content (AvgIpc) is 3.20. The molecule has 3 rings (SSSR count). The fraction of sp³-hybridized carbons (Fsp3) is 0.647. The molecule has 0 saturated carbocycles. The van der Waals surface area contributed by atoms with Crippen LogP contribution in [0, 0.1) is 6.92 Å². The predicted molar refractivity (Wildman–Crippen MR) is 87.9 cm³/mol. The van der Waals surface area contributed by atoms with Gasteiger partial charge in [-0.1, -0.05) is 0 Å². The zero-order chi connectivity index (χ0) is 20.2. The van der Waals surface area contributed by atoms with Crippen LogP contribution in [-0.2, 0) is 20.9 Å². The molecule has 7 nitrogen and oxygen atoms in total. The highest BCUT2D eigenvalue weighted by atomic mass is 19.4. The summed E-state index contributed by atoms with van der Waals surface area (Å²) in [5.41, 5.74) is 0. The number of likely N-dealkylation sites (N-methyl/N-ethyl adjacent to an activating group) is 1. The zero-order valence-electron chi connectivity index (χ0n) is 15.1. The van der Waals surface area contributed by atoms with E-state index < -0.39 is 12.1 Å². The third-order valence-corrected chi connectivity index (χ3v) is 4.60. The second kappa shape index (κ2) is 8.75. The number of alkyl halides is 3. The van der Waals surface area contributed by atoms with Crippen molar-refractivity contribution in [3.63, 3.8) is 0 Å². The predicted octanol–water partition coefficient (Wildman–Crippen LogP) is 2.09. The van der Waals surface area contributed by atoms with Crippen LogP contribution in [0.1, 0.15) is 30.8 Å². The molecule has 1 amide bonds. The van der Waals surface area contributed by atoms with E-state index in [0.29, 0.717) is 6.04 Å². The molecule has 10 heteroatoms. The van der Waals surface area contributed by atoms with E-state index in [9.17, 15) is 18.0 Å². The maximum absolute atomic E-state index is 11.7. The smallest absolute Gasteiger partial charge is 0.475 e. The Kier molecular flexibility index (Phi) is 6.88. The number of fused-ring (bicyclic) bond motifs is 1. The van der Waals surface area contributed by atoms with Crippen molar-refractivity contribution >= 4 is 11.9 Å². The van der Waals surface area contributed by atoms with Gasteiger partial charge in [-0.15, -0.1) is 0 Å². The molecule has 2 fully saturated rings. The molecule has 1 aromatic rings. The number of aliphatic carboxylic acids is 1. The molecule has 3 atom stereocenters. The number of likely N-dealkylation sites (tertiary alicyclic amines) is 1. The van der Waals surface area contributed by atoms with Crippen LogP contribution in [0.4, 0.5) is 13.2 Å². The topological polar surface area (TPSA) is 92.0 Å². The second-order valence-electron chi connectivity index (χ2n) is 6.50. The molecular formula is C17H23F3N2O5. The molecule has 2 aliphatic rings. The average molecular weight is 392 g/mol. The van der Waals surface area contributed by atoms with Crippen molar-refractivity contribution in [2.45, 2.75) is 57.2 Å². The number of furan rings is 1. The van der Waals surface area contributed by atoms with Crippen LogP contribution in [0.15, 0.2) is 16.5 Å². The second-order valence-corrected chi connectivity index (χ2v) is 6.50. The molecule has 0 spiro atoms. The first-order valence-corrected chi connectivity index (χ1v) is 8.58. The number of nitrogens with zero attached hydrogens (tertiary/aromatic N) is 1. The van der Waals surface area contributed by atoms with E-state index in [0.717, 1.165) is 43.9 Å². The Bertz CT molecular complexity index is 661. The van der Waals surface area contributed by atoms with Crippen molar-refractivity contribution in [3.05, 3.63) is 23.7 Å². The van der Waals surface area contributed by atoms with Gasteiger partial charge in [0.15, 0.2) is 0 Å². The van der Waals surface area contributed by atoms with Crippen LogP contribution in [0.5, 0.6) is 0 Å². The van der Waals surface area contributed by atoms with E-state index in [2.05, 4.69) is 10.2 Å². The fourth-order valence-corrected chi connectivity index (χ4v) is 3.34. The number of carbonyl (C=O) groups is 2. The maximum Gasteiger partial charge on any atom is 0.490 e. The van der Waals surface area contributed by atoms with Crippen molar-refractivity contribution < 1.29 is 37.0 Å². The van der Waals surface area contributed by atoms with Crippen molar-refractivity contribution in [2.24, 2.45) is 0 Å². The van der Waals surface area contributed by atoms with Crippen LogP contribution < -0.4 is 5.32 Å². The molecular weight excluding hydrogens is 369 g/mol. The lowest BCUT2D eigenvalue weighted by Crippen LogP contribution is -2.47. The summed E-state index contributed by atoms with van der Waals surface area (Å²) in [7, 11) is 1.66. The number of halogens is 3. The Morgan fingerprint density at radius 3 is 2.48 bits per heavy atom. The molecule has 0 aliphatic carbocycles. The number of carboxylic acids is 1. The van der Waals surface area contributed by atoms with Gasteiger partial charge < -0.3 is 19.6 Å². The number of carboxylic acid groups (broad SMARTS) is 1. The lowest BCUT2D eigenvalue weighted by molar-refractivity contribution is -0.192. The monoisotopic (exact) mass is 392 g/mol. The number of aryl methyl sites for hydroxylation is 1. The summed E-state index contributed by atoms with van der Waals surface area (Å²) in [6.45, 7) is 3.81. The normalized spacial score (nSPS) is 25.3. The summed E-state index contributed by atoms with van der Waals surface area (Å²) in [4.78, 5) is 23.0. The van der Waals surface area contributed by atoms with Gasteiger partial charge in [-0.2, -0.15) is 13.2 Å². The van der Waals surface area contributed by atoms with E-state index in [1.54, 1.807) is 7.05 Å². The first-order valence-electron chi connectivity index (χ1n) is 8.58. The van der Waals surface area contributed by atoms with Crippen molar-refractivity contribution in [2.75, 3.05) is 13.6 Å². The number of ether oxygens (including phenoxy) is 1. The molecule has 2 aliphatic heterocycles. The van der Waals surface area contributed by atoms with Gasteiger partial charge in [-0.3, -0.25) is 9.69 Å². The van der Waals surface area contributed by atoms with Gasteiger partial charge in [0.2, 0.25) is 5.91 Å². The molecule has 2 saturated heterocycles. The molecule has 0 unspecified atom stereocenters. The standard InChI is InChI=1S/C15H22N2O3.C2HF3O2/c1-10-3-4-11(19-10)9-17-8-7-13-12(17)5-6-14(20-13)15(18)16-2;3-2(4,5)1(6)7/h3-4,12-14H,5-9H2,1-2H3,(H,16,18);(H,6,7)/t12-,13-,14+;/m1./s1. The van der Waals surface area contributed by atoms with E-state index in [1.807, 2.05) is 19.1 Å². The largest absolute Gasteiger partial charge is 0.490 e. The highest BCUT2D eigenvalue weighted by Crippen LogP contribution is 2.32. The summed E-state index contributed by atoms with van der Waals surface area (Å²) < 4.78 is 43.3. The number of nitrogens with one attached hydrogen (secondary N) is 1. The Morgan fingerprint density at radius 2 is 1.96 bits per heavy atom. The number of hydrogen-bond donors (Lipinski definition) is 2. The van der Waals surface area contributed by atoms with Crippen molar-refractivity contribution in [3.8, 4) is 0 Å². The molecule has 0 aromatic carbocycles. The highest BCUT2D eigenvalue weighted by Gasteiger charge is 2.41. The third kappa shape index (κ3) is 5.70. The Hall–Kier alpha value is -2.07. The minimum atomic E-state index is -5.08. The van der Waals surface area contributed by atoms with Gasteiger partial charge in [0.05, 0.1) is 12.6 Å². The molecule has 0 bridgehead atoms. The minimum absolute atomic E-state index is 0.00330. The minimum Gasteiger partial charge on any atom is -0.475 e. The van der Waals surface area contributed by atoms with Gasteiger partial charge in [0, 0.05) is 19.6 Å². The number of hydrogen-bond acceptors (Lipinski definition) is 5.